The predicted molar refractivity (Wildman–Crippen MR) is 63.5 cm³/mol. The van der Waals surface area contributed by atoms with Gasteiger partial charge in [-0.1, -0.05) is 45.7 Å². The van der Waals surface area contributed by atoms with Gasteiger partial charge in [-0.05, 0) is 36.6 Å². The molecule has 0 aliphatic rings. The lowest BCUT2D eigenvalue weighted by atomic mass is 10.1. The van der Waals surface area contributed by atoms with Crippen molar-refractivity contribution >= 4 is 33.1 Å². The Morgan fingerprint density at radius 1 is 1.54 bits per heavy atom. The number of rotatable bonds is 3. The highest BCUT2D eigenvalue weighted by molar-refractivity contribution is 9.09. The molecule has 1 rings (SSSR count). The highest BCUT2D eigenvalue weighted by Gasteiger charge is 1.95. The van der Waals surface area contributed by atoms with Crippen LogP contribution in [0.4, 0.5) is 0 Å². The molecule has 0 saturated heterocycles. The van der Waals surface area contributed by atoms with Crippen molar-refractivity contribution in [2.24, 2.45) is 0 Å². The van der Waals surface area contributed by atoms with E-state index in [1.165, 1.54) is 11.1 Å². The van der Waals surface area contributed by atoms with Crippen molar-refractivity contribution in [3.8, 4) is 0 Å². The van der Waals surface area contributed by atoms with Gasteiger partial charge in [0.25, 0.3) is 0 Å². The van der Waals surface area contributed by atoms with Gasteiger partial charge in [0.15, 0.2) is 0 Å². The minimum Gasteiger partial charge on any atom is -0.0925 e. The standard InChI is InChI=1S/C11H12BrCl/c1-9(4-3-7-12)10-5-2-6-11(13)8-10/h2,4-6,8H,3,7H2,1H3/b9-4-. The Kier molecular flexibility index (Phi) is 4.54. The lowest BCUT2D eigenvalue weighted by Gasteiger charge is -2.01. The van der Waals surface area contributed by atoms with Crippen molar-refractivity contribution in [1.29, 1.82) is 0 Å². The summed E-state index contributed by atoms with van der Waals surface area (Å²) in [6.07, 6.45) is 3.26. The molecule has 13 heavy (non-hydrogen) atoms. The molecule has 0 unspecified atom stereocenters. The summed E-state index contributed by atoms with van der Waals surface area (Å²) >= 11 is 9.28. The van der Waals surface area contributed by atoms with Crippen molar-refractivity contribution in [3.63, 3.8) is 0 Å². The van der Waals surface area contributed by atoms with Gasteiger partial charge < -0.3 is 0 Å². The minimum absolute atomic E-state index is 0.795. The van der Waals surface area contributed by atoms with Crippen LogP contribution in [0, 0.1) is 0 Å². The van der Waals surface area contributed by atoms with Gasteiger partial charge in [-0.3, -0.25) is 0 Å². The van der Waals surface area contributed by atoms with E-state index in [0.717, 1.165) is 16.8 Å². The first kappa shape index (κ1) is 10.8. The van der Waals surface area contributed by atoms with E-state index < -0.39 is 0 Å². The van der Waals surface area contributed by atoms with Crippen LogP contribution >= 0.6 is 27.5 Å². The van der Waals surface area contributed by atoms with Crippen LogP contribution in [0.5, 0.6) is 0 Å². The molecule has 0 atom stereocenters. The molecular formula is C11H12BrCl. The molecule has 70 valence electrons. The summed E-state index contributed by atoms with van der Waals surface area (Å²) in [5.74, 6) is 0. The van der Waals surface area contributed by atoms with Crippen molar-refractivity contribution in [2.45, 2.75) is 13.3 Å². The summed E-state index contributed by atoms with van der Waals surface area (Å²) < 4.78 is 0. The molecule has 0 fully saturated rings. The maximum Gasteiger partial charge on any atom is 0.0412 e. The lowest BCUT2D eigenvalue weighted by Crippen LogP contribution is -1.79. The summed E-state index contributed by atoms with van der Waals surface area (Å²) in [5, 5.41) is 1.80. The normalized spacial score (nSPS) is 11.8. The Morgan fingerprint density at radius 2 is 2.31 bits per heavy atom. The molecule has 0 spiro atoms. The van der Waals surface area contributed by atoms with Gasteiger partial charge in [0, 0.05) is 10.4 Å². The Morgan fingerprint density at radius 3 is 2.92 bits per heavy atom. The lowest BCUT2D eigenvalue weighted by molar-refractivity contribution is 1.26. The van der Waals surface area contributed by atoms with Crippen molar-refractivity contribution in [1.82, 2.24) is 0 Å². The number of halogens is 2. The molecule has 0 bridgehead atoms. The maximum atomic E-state index is 5.89. The topological polar surface area (TPSA) is 0 Å². The molecule has 0 amide bonds. The minimum atomic E-state index is 0.795. The Labute approximate surface area is 92.7 Å². The quantitative estimate of drug-likeness (QED) is 0.700. The van der Waals surface area contributed by atoms with Gasteiger partial charge in [-0.2, -0.15) is 0 Å². The van der Waals surface area contributed by atoms with Crippen LogP contribution in [0.1, 0.15) is 18.9 Å². The summed E-state index contributed by atoms with van der Waals surface area (Å²) in [7, 11) is 0. The monoisotopic (exact) mass is 258 g/mol. The molecule has 1 aromatic rings. The number of hydrogen-bond donors (Lipinski definition) is 0. The third-order valence-corrected chi connectivity index (χ3v) is 2.53. The summed E-state index contributed by atoms with van der Waals surface area (Å²) in [6, 6.07) is 7.93. The largest absolute Gasteiger partial charge is 0.0925 e. The highest BCUT2D eigenvalue weighted by atomic mass is 79.9. The fourth-order valence-electron chi connectivity index (χ4n) is 1.12. The van der Waals surface area contributed by atoms with E-state index in [9.17, 15) is 0 Å². The average Bonchev–Trinajstić information content (AvgIpc) is 2.14. The number of allylic oxidation sites excluding steroid dienone is 2. The predicted octanol–water partition coefficient (Wildman–Crippen LogP) is 4.53. The van der Waals surface area contributed by atoms with Crippen LogP contribution < -0.4 is 0 Å². The fourth-order valence-corrected chi connectivity index (χ4v) is 1.54. The number of hydrogen-bond acceptors (Lipinski definition) is 0. The molecule has 0 radical (unpaired) electrons. The third kappa shape index (κ3) is 3.53. The van der Waals surface area contributed by atoms with Crippen molar-refractivity contribution in [2.75, 3.05) is 5.33 Å². The van der Waals surface area contributed by atoms with E-state index in [1.54, 1.807) is 0 Å². The zero-order valence-corrected chi connectivity index (χ0v) is 9.90. The first-order valence-corrected chi connectivity index (χ1v) is 5.72. The van der Waals surface area contributed by atoms with Crippen molar-refractivity contribution in [3.05, 3.63) is 40.9 Å². The molecule has 0 aliphatic heterocycles. The SMILES string of the molecule is C/C(=C/CCBr)c1cccc(Cl)c1. The molecule has 0 nitrogen and oxygen atoms in total. The van der Waals surface area contributed by atoms with Gasteiger partial charge >= 0.3 is 0 Å². The van der Waals surface area contributed by atoms with E-state index >= 15 is 0 Å². The fraction of sp³-hybridized carbons (Fsp3) is 0.273. The Bertz CT molecular complexity index is 305. The second-order valence-electron chi connectivity index (χ2n) is 2.88. The van der Waals surface area contributed by atoms with Crippen LogP contribution in [-0.4, -0.2) is 5.33 Å². The van der Waals surface area contributed by atoms with Gasteiger partial charge in [0.05, 0.1) is 0 Å². The zero-order chi connectivity index (χ0) is 9.68. The summed E-state index contributed by atoms with van der Waals surface area (Å²) in [6.45, 7) is 2.11. The average molecular weight is 260 g/mol. The van der Waals surface area contributed by atoms with E-state index in [-0.39, 0.29) is 0 Å². The molecule has 0 heterocycles. The van der Waals surface area contributed by atoms with E-state index in [4.69, 9.17) is 11.6 Å². The number of benzene rings is 1. The highest BCUT2D eigenvalue weighted by Crippen LogP contribution is 2.18. The zero-order valence-electron chi connectivity index (χ0n) is 7.56. The molecule has 0 aromatic heterocycles. The molecule has 0 aliphatic carbocycles. The van der Waals surface area contributed by atoms with Gasteiger partial charge in [-0.15, -0.1) is 0 Å². The molecule has 0 saturated carbocycles. The molecule has 1 aromatic carbocycles. The molecule has 0 N–H and O–H groups in total. The maximum absolute atomic E-state index is 5.89. The first-order chi connectivity index (χ1) is 6.24. The third-order valence-electron chi connectivity index (χ3n) is 1.84. The van der Waals surface area contributed by atoms with Crippen molar-refractivity contribution < 1.29 is 0 Å². The van der Waals surface area contributed by atoms with Crippen LogP contribution in [0.3, 0.4) is 0 Å². The summed E-state index contributed by atoms with van der Waals surface area (Å²) in [5.41, 5.74) is 2.48. The summed E-state index contributed by atoms with van der Waals surface area (Å²) in [4.78, 5) is 0. The van der Waals surface area contributed by atoms with E-state index in [0.29, 0.717) is 0 Å². The second kappa shape index (κ2) is 5.46. The van der Waals surface area contributed by atoms with E-state index in [1.807, 2.05) is 18.2 Å². The van der Waals surface area contributed by atoms with Crippen LogP contribution in [0.25, 0.3) is 5.57 Å². The van der Waals surface area contributed by atoms with Crippen LogP contribution in [0.15, 0.2) is 30.3 Å². The van der Waals surface area contributed by atoms with Gasteiger partial charge in [0.2, 0.25) is 0 Å². The van der Waals surface area contributed by atoms with Gasteiger partial charge in [0.1, 0.15) is 0 Å². The van der Waals surface area contributed by atoms with Gasteiger partial charge in [-0.25, -0.2) is 0 Å². The smallest absolute Gasteiger partial charge is 0.0412 e. The Hall–Kier alpha value is -0.270. The Balaban J connectivity index is 2.82. The number of alkyl halides is 1. The molecular weight excluding hydrogens is 247 g/mol. The molecule has 2 heteroatoms. The van der Waals surface area contributed by atoms with E-state index in [2.05, 4.69) is 35.0 Å². The second-order valence-corrected chi connectivity index (χ2v) is 4.10. The van der Waals surface area contributed by atoms with Crippen LogP contribution in [0.2, 0.25) is 5.02 Å². The van der Waals surface area contributed by atoms with Crippen LogP contribution in [-0.2, 0) is 0 Å². The first-order valence-electron chi connectivity index (χ1n) is 4.22.